The van der Waals surface area contributed by atoms with Crippen LogP contribution in [0.15, 0.2) is 78.4 Å². The zero-order valence-electron chi connectivity index (χ0n) is 35.9. The lowest BCUT2D eigenvalue weighted by molar-refractivity contribution is -0.304. The molecule has 2 aromatic carbocycles. The Balaban J connectivity index is 1.46. The standard InChI is InChI=1S/C47H69N3O8/c1-9-41-38(27-49(8)26-34-15-11-10-12-16-34)23-30(2)19-20-39(51)31(3)24-35(21-22-50-28-36-17-13-14-18-37(36)29-50)46(32(4)40(52)25-42(53)57-41)58-47-45(55)43(48(6)7)44(54)33(5)56-47/h10-20,23,31-33,35,38,40-41,43-47,52,54-55H,9,21-22,24-29H2,1-8H3/t31?,32?,33-,35?,38?,40?,41?,43+,44-,45-,46?,47+/m1/s1. The largest absolute Gasteiger partial charge is 0.462 e. The summed E-state index contributed by atoms with van der Waals surface area (Å²) in [4.78, 5) is 34.1. The van der Waals surface area contributed by atoms with E-state index in [4.69, 9.17) is 14.2 Å². The Hall–Kier alpha value is -3.26. The molecule has 2 aromatic rings. The summed E-state index contributed by atoms with van der Waals surface area (Å²) in [6.45, 7) is 13.2. The summed E-state index contributed by atoms with van der Waals surface area (Å²) in [5.74, 6) is -1.97. The van der Waals surface area contributed by atoms with Crippen molar-refractivity contribution < 1.29 is 39.1 Å². The van der Waals surface area contributed by atoms with Gasteiger partial charge in [-0.25, -0.2) is 0 Å². The zero-order valence-corrected chi connectivity index (χ0v) is 35.9. The van der Waals surface area contributed by atoms with Gasteiger partial charge in [0.05, 0.1) is 36.9 Å². The molecule has 0 aliphatic carbocycles. The summed E-state index contributed by atoms with van der Waals surface area (Å²) < 4.78 is 19.2. The molecule has 1 saturated heterocycles. The highest BCUT2D eigenvalue weighted by atomic mass is 16.7. The van der Waals surface area contributed by atoms with Gasteiger partial charge in [-0.2, -0.15) is 0 Å². The van der Waals surface area contributed by atoms with Crippen LogP contribution in [0.4, 0.5) is 0 Å². The first-order valence-corrected chi connectivity index (χ1v) is 21.3. The smallest absolute Gasteiger partial charge is 0.308 e. The van der Waals surface area contributed by atoms with Gasteiger partial charge in [-0.05, 0) is 89.5 Å². The van der Waals surface area contributed by atoms with E-state index < -0.39 is 60.8 Å². The third-order valence-electron chi connectivity index (χ3n) is 12.5. The van der Waals surface area contributed by atoms with Crippen LogP contribution in [0.25, 0.3) is 0 Å². The quantitative estimate of drug-likeness (QED) is 0.254. The summed E-state index contributed by atoms with van der Waals surface area (Å²) in [5, 5.41) is 34.5. The number of likely N-dealkylation sites (N-methyl/N-ethyl adjacent to an activating group) is 1. The van der Waals surface area contributed by atoms with Crippen LogP contribution in [0, 0.1) is 23.7 Å². The van der Waals surface area contributed by atoms with Gasteiger partial charge < -0.3 is 39.3 Å². The van der Waals surface area contributed by atoms with Gasteiger partial charge in [0.25, 0.3) is 0 Å². The summed E-state index contributed by atoms with van der Waals surface area (Å²) in [5.41, 5.74) is 4.67. The number of rotatable bonds is 11. The Kier molecular flexibility index (Phi) is 16.8. The maximum atomic E-state index is 13.9. The summed E-state index contributed by atoms with van der Waals surface area (Å²) >= 11 is 0. The van der Waals surface area contributed by atoms with E-state index in [9.17, 15) is 24.9 Å². The van der Waals surface area contributed by atoms with Crippen molar-refractivity contribution in [2.24, 2.45) is 23.7 Å². The van der Waals surface area contributed by atoms with Crippen molar-refractivity contribution >= 4 is 11.8 Å². The number of esters is 1. The normalized spacial score (nSPS) is 33.3. The lowest BCUT2D eigenvalue weighted by Crippen LogP contribution is -2.63. The Morgan fingerprint density at radius 2 is 1.55 bits per heavy atom. The molecule has 12 atom stereocenters. The van der Waals surface area contributed by atoms with Crippen molar-refractivity contribution in [1.29, 1.82) is 0 Å². The van der Waals surface area contributed by atoms with Crippen molar-refractivity contribution in [3.63, 3.8) is 0 Å². The minimum Gasteiger partial charge on any atom is -0.462 e. The van der Waals surface area contributed by atoms with Crippen molar-refractivity contribution in [3.8, 4) is 0 Å². The van der Waals surface area contributed by atoms with Gasteiger partial charge in [-0.1, -0.05) is 93.1 Å². The van der Waals surface area contributed by atoms with E-state index in [2.05, 4.69) is 52.3 Å². The predicted molar refractivity (Wildman–Crippen MR) is 225 cm³/mol. The molecule has 3 heterocycles. The molecule has 1 fully saturated rings. The third-order valence-corrected chi connectivity index (χ3v) is 12.5. The van der Waals surface area contributed by atoms with E-state index in [0.717, 1.165) is 25.2 Å². The number of hydrogen-bond acceptors (Lipinski definition) is 11. The SMILES string of the molecule is CCC1OC(=O)CC(O)C(C)C(O[C@@H]2O[C@H](C)[C@@H](O)[C@H](N(C)C)[C@H]2O)C(CCN2Cc3ccccc3C2)CC(C)C(=O)C=CC(C)=CC1CN(C)Cc1ccccc1. The highest BCUT2D eigenvalue weighted by Crippen LogP contribution is 2.35. The molecule has 3 N–H and O–H groups in total. The highest BCUT2D eigenvalue weighted by molar-refractivity contribution is 5.91. The number of cyclic esters (lactones) is 1. The van der Waals surface area contributed by atoms with E-state index in [0.29, 0.717) is 32.4 Å². The van der Waals surface area contributed by atoms with Gasteiger partial charge in [-0.15, -0.1) is 0 Å². The van der Waals surface area contributed by atoms with Crippen LogP contribution in [0.5, 0.6) is 0 Å². The first-order valence-electron chi connectivity index (χ1n) is 21.3. The number of hydrogen-bond donors (Lipinski definition) is 3. The molecule has 0 radical (unpaired) electrons. The number of carbonyl (C=O) groups excluding carboxylic acids is 2. The van der Waals surface area contributed by atoms with Crippen LogP contribution in [0.2, 0.25) is 0 Å². The molecule has 5 rings (SSSR count). The molecule has 3 aliphatic heterocycles. The molecule has 7 unspecified atom stereocenters. The number of nitrogens with zero attached hydrogens (tertiary/aromatic N) is 3. The Labute approximate surface area is 346 Å². The number of aliphatic hydroxyl groups is 3. The van der Waals surface area contributed by atoms with Gasteiger partial charge in [-0.3, -0.25) is 14.5 Å². The Bertz CT molecular complexity index is 1660. The van der Waals surface area contributed by atoms with Crippen molar-refractivity contribution in [3.05, 3.63) is 95.1 Å². The van der Waals surface area contributed by atoms with Crippen LogP contribution in [-0.4, -0.2) is 125 Å². The molecule has 11 heteroatoms. The van der Waals surface area contributed by atoms with Crippen LogP contribution >= 0.6 is 0 Å². The van der Waals surface area contributed by atoms with Crippen LogP contribution < -0.4 is 0 Å². The molecule has 0 aromatic heterocycles. The van der Waals surface area contributed by atoms with E-state index in [1.165, 1.54) is 16.7 Å². The maximum Gasteiger partial charge on any atom is 0.308 e. The number of aliphatic hydroxyl groups excluding tert-OH is 3. The highest BCUT2D eigenvalue weighted by Gasteiger charge is 2.47. The third kappa shape index (κ3) is 12.2. The number of ketones is 1. The Morgan fingerprint density at radius 3 is 2.19 bits per heavy atom. The van der Waals surface area contributed by atoms with Gasteiger partial charge in [0.1, 0.15) is 12.2 Å². The molecule has 0 amide bonds. The number of ether oxygens (including phenoxy) is 3. The summed E-state index contributed by atoms with van der Waals surface area (Å²) in [7, 11) is 5.63. The molecule has 3 aliphatic rings. The first-order chi connectivity index (χ1) is 27.6. The second-order valence-corrected chi connectivity index (χ2v) is 17.5. The predicted octanol–water partition coefficient (Wildman–Crippen LogP) is 5.36. The maximum absolute atomic E-state index is 13.9. The van der Waals surface area contributed by atoms with Crippen molar-refractivity contribution in [1.82, 2.24) is 14.7 Å². The van der Waals surface area contributed by atoms with E-state index >= 15 is 0 Å². The monoisotopic (exact) mass is 804 g/mol. The average molecular weight is 804 g/mol. The average Bonchev–Trinajstić information content (AvgIpc) is 3.61. The van der Waals surface area contributed by atoms with Gasteiger partial charge in [0, 0.05) is 43.9 Å². The first kappa shape index (κ1) is 45.8. The number of benzene rings is 2. The number of allylic oxidation sites excluding steroid dienone is 3. The van der Waals surface area contributed by atoms with Crippen molar-refractivity contribution in [2.75, 3.05) is 34.2 Å². The molecule has 11 nitrogen and oxygen atoms in total. The molecule has 0 bridgehead atoms. The zero-order chi connectivity index (χ0) is 42.1. The Morgan fingerprint density at radius 1 is 0.897 bits per heavy atom. The molecule has 0 spiro atoms. The van der Waals surface area contributed by atoms with Crippen LogP contribution in [0.1, 0.15) is 77.0 Å². The van der Waals surface area contributed by atoms with Gasteiger partial charge in [0.15, 0.2) is 12.1 Å². The second kappa shape index (κ2) is 21.3. The molecule has 320 valence electrons. The topological polar surface area (TPSA) is 132 Å². The lowest BCUT2D eigenvalue weighted by atomic mass is 9.79. The molecular weight excluding hydrogens is 735 g/mol. The van der Waals surface area contributed by atoms with E-state index in [-0.39, 0.29) is 30.0 Å². The number of carbonyl (C=O) groups is 2. The van der Waals surface area contributed by atoms with Crippen LogP contribution in [0.3, 0.4) is 0 Å². The van der Waals surface area contributed by atoms with Gasteiger partial charge >= 0.3 is 5.97 Å². The molecular formula is C47H69N3O8. The van der Waals surface area contributed by atoms with Crippen LogP contribution in [-0.2, 0) is 43.4 Å². The molecule has 0 saturated carbocycles. The fraction of sp³-hybridized carbons (Fsp3) is 0.617. The van der Waals surface area contributed by atoms with E-state index in [1.807, 2.05) is 59.0 Å². The lowest BCUT2D eigenvalue weighted by Gasteiger charge is -2.46. The second-order valence-electron chi connectivity index (χ2n) is 17.5. The fourth-order valence-electron chi connectivity index (χ4n) is 9.09. The molecule has 58 heavy (non-hydrogen) atoms. The summed E-state index contributed by atoms with van der Waals surface area (Å²) in [6, 6.07) is 18.0. The minimum atomic E-state index is -1.20. The number of fused-ring (bicyclic) bond motifs is 1. The summed E-state index contributed by atoms with van der Waals surface area (Å²) in [6.07, 6.45) is 0.720. The minimum absolute atomic E-state index is 0.0139. The van der Waals surface area contributed by atoms with Gasteiger partial charge in [0.2, 0.25) is 0 Å². The fourth-order valence-corrected chi connectivity index (χ4v) is 9.09. The van der Waals surface area contributed by atoms with Crippen molar-refractivity contribution in [2.45, 2.75) is 129 Å². The van der Waals surface area contributed by atoms with E-state index in [1.54, 1.807) is 32.0 Å².